The molecule has 6 nitrogen and oxygen atoms in total. The number of fused-ring (bicyclic) bond motifs is 1. The Labute approximate surface area is 163 Å². The third-order valence-corrected chi connectivity index (χ3v) is 4.15. The summed E-state index contributed by atoms with van der Waals surface area (Å²) in [6.07, 6.45) is 0.712. The molecular formula is C22H23NO5. The van der Waals surface area contributed by atoms with E-state index in [0.717, 1.165) is 16.7 Å². The SMILES string of the molecule is C[C@H](NC(=O)COC(=O)CCCOc1ccccc1)c1cc2ccccc2o1. The molecule has 1 N–H and O–H groups in total. The van der Waals surface area contributed by atoms with Gasteiger partial charge in [-0.25, -0.2) is 0 Å². The van der Waals surface area contributed by atoms with E-state index in [9.17, 15) is 9.59 Å². The van der Waals surface area contributed by atoms with Crippen LogP contribution < -0.4 is 10.1 Å². The van der Waals surface area contributed by atoms with Gasteiger partial charge >= 0.3 is 5.97 Å². The van der Waals surface area contributed by atoms with Crippen LogP contribution in [0.4, 0.5) is 0 Å². The van der Waals surface area contributed by atoms with Gasteiger partial charge in [-0.1, -0.05) is 36.4 Å². The number of para-hydroxylation sites is 2. The molecule has 0 radical (unpaired) electrons. The second-order valence-electron chi connectivity index (χ2n) is 6.40. The zero-order valence-corrected chi connectivity index (χ0v) is 15.7. The van der Waals surface area contributed by atoms with Gasteiger partial charge in [-0.05, 0) is 37.6 Å². The molecule has 0 aliphatic rings. The third-order valence-electron chi connectivity index (χ3n) is 4.15. The molecule has 3 rings (SSSR count). The summed E-state index contributed by atoms with van der Waals surface area (Å²) in [6, 6.07) is 18.6. The number of esters is 1. The van der Waals surface area contributed by atoms with Crippen LogP contribution >= 0.6 is 0 Å². The molecule has 28 heavy (non-hydrogen) atoms. The van der Waals surface area contributed by atoms with Crippen LogP contribution in [0, 0.1) is 0 Å². The number of carbonyl (C=O) groups excluding carboxylic acids is 2. The van der Waals surface area contributed by atoms with Crippen molar-refractivity contribution in [1.29, 1.82) is 0 Å². The lowest BCUT2D eigenvalue weighted by Gasteiger charge is -2.11. The van der Waals surface area contributed by atoms with Crippen molar-refractivity contribution < 1.29 is 23.5 Å². The van der Waals surface area contributed by atoms with Gasteiger partial charge in [-0.15, -0.1) is 0 Å². The van der Waals surface area contributed by atoms with E-state index in [1.165, 1.54) is 0 Å². The Balaban J connectivity index is 1.34. The monoisotopic (exact) mass is 381 g/mol. The Morgan fingerprint density at radius 2 is 1.82 bits per heavy atom. The van der Waals surface area contributed by atoms with Crippen molar-refractivity contribution in [1.82, 2.24) is 5.32 Å². The topological polar surface area (TPSA) is 77.8 Å². The number of rotatable bonds is 9. The quantitative estimate of drug-likeness (QED) is 0.448. The van der Waals surface area contributed by atoms with Gasteiger partial charge in [0.05, 0.1) is 12.6 Å². The average molecular weight is 381 g/mol. The van der Waals surface area contributed by atoms with Crippen LogP contribution in [0.5, 0.6) is 5.75 Å². The van der Waals surface area contributed by atoms with Crippen molar-refractivity contribution in [2.24, 2.45) is 0 Å². The van der Waals surface area contributed by atoms with Crippen LogP contribution in [0.2, 0.25) is 0 Å². The molecule has 0 fully saturated rings. The highest BCUT2D eigenvalue weighted by atomic mass is 16.5. The van der Waals surface area contributed by atoms with Gasteiger partial charge in [0.1, 0.15) is 17.1 Å². The van der Waals surface area contributed by atoms with E-state index < -0.39 is 5.97 Å². The smallest absolute Gasteiger partial charge is 0.306 e. The summed E-state index contributed by atoms with van der Waals surface area (Å²) < 4.78 is 16.2. The van der Waals surface area contributed by atoms with Gasteiger partial charge in [0.2, 0.25) is 0 Å². The molecule has 3 aromatic rings. The molecule has 1 aromatic heterocycles. The van der Waals surface area contributed by atoms with Gasteiger partial charge in [0.25, 0.3) is 5.91 Å². The summed E-state index contributed by atoms with van der Waals surface area (Å²) in [5.41, 5.74) is 0.766. The number of hydrogen-bond donors (Lipinski definition) is 1. The largest absolute Gasteiger partial charge is 0.494 e. The van der Waals surface area contributed by atoms with E-state index in [0.29, 0.717) is 18.8 Å². The molecule has 0 unspecified atom stereocenters. The van der Waals surface area contributed by atoms with Crippen molar-refractivity contribution in [3.63, 3.8) is 0 Å². The molecule has 0 spiro atoms. The second kappa shape index (κ2) is 9.60. The minimum Gasteiger partial charge on any atom is -0.494 e. The van der Waals surface area contributed by atoms with Crippen molar-refractivity contribution in [2.45, 2.75) is 25.8 Å². The molecule has 0 saturated carbocycles. The first-order valence-electron chi connectivity index (χ1n) is 9.23. The van der Waals surface area contributed by atoms with Crippen LogP contribution in [0.25, 0.3) is 11.0 Å². The fraction of sp³-hybridized carbons (Fsp3) is 0.273. The lowest BCUT2D eigenvalue weighted by atomic mass is 10.2. The summed E-state index contributed by atoms with van der Waals surface area (Å²) >= 11 is 0. The summed E-state index contributed by atoms with van der Waals surface area (Å²) in [5.74, 6) is 0.610. The molecular weight excluding hydrogens is 358 g/mol. The lowest BCUT2D eigenvalue weighted by Crippen LogP contribution is -2.31. The highest BCUT2D eigenvalue weighted by Gasteiger charge is 2.15. The standard InChI is InChI=1S/C22H23NO5/c1-16(20-14-17-8-5-6-11-19(17)28-20)23-21(24)15-27-22(25)12-7-13-26-18-9-3-2-4-10-18/h2-6,8-11,14,16H,7,12-13,15H2,1H3,(H,23,24)/t16-/m0/s1. The Morgan fingerprint density at radius 3 is 2.61 bits per heavy atom. The fourth-order valence-corrected chi connectivity index (χ4v) is 2.71. The van der Waals surface area contributed by atoms with Crippen LogP contribution in [0.15, 0.2) is 65.1 Å². The Kier molecular flexibility index (Phi) is 6.68. The second-order valence-corrected chi connectivity index (χ2v) is 6.40. The number of carbonyl (C=O) groups is 2. The lowest BCUT2D eigenvalue weighted by molar-refractivity contribution is -0.148. The van der Waals surface area contributed by atoms with Crippen LogP contribution in [-0.2, 0) is 14.3 Å². The zero-order valence-electron chi connectivity index (χ0n) is 15.7. The molecule has 0 saturated heterocycles. The third kappa shape index (κ3) is 5.61. The van der Waals surface area contributed by atoms with Crippen molar-refractivity contribution in [3.8, 4) is 5.75 Å². The predicted octanol–water partition coefficient (Wildman–Crippen LogP) is 4.01. The van der Waals surface area contributed by atoms with Crippen LogP contribution in [-0.4, -0.2) is 25.1 Å². The number of ether oxygens (including phenoxy) is 2. The van der Waals surface area contributed by atoms with Gasteiger partial charge in [-0.2, -0.15) is 0 Å². The van der Waals surface area contributed by atoms with Gasteiger partial charge < -0.3 is 19.2 Å². The van der Waals surface area contributed by atoms with Crippen molar-refractivity contribution in [3.05, 3.63) is 66.4 Å². The summed E-state index contributed by atoms with van der Waals surface area (Å²) in [5, 5.41) is 3.74. The normalized spacial score (nSPS) is 11.8. The highest BCUT2D eigenvalue weighted by Crippen LogP contribution is 2.23. The van der Waals surface area contributed by atoms with E-state index in [1.54, 1.807) is 0 Å². The molecule has 0 aliphatic carbocycles. The van der Waals surface area contributed by atoms with E-state index in [1.807, 2.05) is 67.6 Å². The Hall–Kier alpha value is -3.28. The minimum atomic E-state index is -0.428. The first-order valence-corrected chi connectivity index (χ1v) is 9.23. The first kappa shape index (κ1) is 19.5. The summed E-state index contributed by atoms with van der Waals surface area (Å²) in [6.45, 7) is 1.91. The van der Waals surface area contributed by atoms with Crippen molar-refractivity contribution >= 4 is 22.8 Å². The van der Waals surface area contributed by atoms with E-state index in [-0.39, 0.29) is 25.0 Å². The van der Waals surface area contributed by atoms with Gasteiger partial charge in [0, 0.05) is 11.8 Å². The molecule has 0 bridgehead atoms. The van der Waals surface area contributed by atoms with Crippen LogP contribution in [0.1, 0.15) is 31.6 Å². The highest BCUT2D eigenvalue weighted by molar-refractivity contribution is 5.81. The fourth-order valence-electron chi connectivity index (χ4n) is 2.71. The first-order chi connectivity index (χ1) is 13.6. The van der Waals surface area contributed by atoms with Gasteiger partial charge in [0.15, 0.2) is 6.61 Å². The maximum absolute atomic E-state index is 12.0. The number of amides is 1. The maximum Gasteiger partial charge on any atom is 0.306 e. The Morgan fingerprint density at radius 1 is 1.07 bits per heavy atom. The Bertz CT molecular complexity index is 886. The maximum atomic E-state index is 12.0. The molecule has 1 amide bonds. The number of hydrogen-bond acceptors (Lipinski definition) is 5. The average Bonchev–Trinajstić information content (AvgIpc) is 3.15. The zero-order chi connectivity index (χ0) is 19.8. The number of benzene rings is 2. The summed E-state index contributed by atoms with van der Waals surface area (Å²) in [4.78, 5) is 23.8. The molecule has 1 atom stereocenters. The van der Waals surface area contributed by atoms with E-state index in [2.05, 4.69) is 5.32 Å². The molecule has 146 valence electrons. The molecule has 6 heteroatoms. The van der Waals surface area contributed by atoms with Crippen LogP contribution in [0.3, 0.4) is 0 Å². The van der Waals surface area contributed by atoms with E-state index >= 15 is 0 Å². The molecule has 1 heterocycles. The number of furan rings is 1. The van der Waals surface area contributed by atoms with E-state index in [4.69, 9.17) is 13.9 Å². The van der Waals surface area contributed by atoms with Crippen molar-refractivity contribution in [2.75, 3.05) is 13.2 Å². The molecule has 0 aliphatic heterocycles. The summed E-state index contributed by atoms with van der Waals surface area (Å²) in [7, 11) is 0. The number of nitrogens with one attached hydrogen (secondary N) is 1. The molecule has 2 aromatic carbocycles. The predicted molar refractivity (Wildman–Crippen MR) is 105 cm³/mol. The van der Waals surface area contributed by atoms with Gasteiger partial charge in [-0.3, -0.25) is 9.59 Å². The minimum absolute atomic E-state index is 0.194.